The lowest BCUT2D eigenvalue weighted by Crippen LogP contribution is -2.46. The molecule has 4 rings (SSSR count). The first-order chi connectivity index (χ1) is 20.9. The minimum atomic E-state index is -1.09. The summed E-state index contributed by atoms with van der Waals surface area (Å²) >= 11 is 0. The lowest BCUT2D eigenvalue weighted by molar-refractivity contribution is -0.154. The van der Waals surface area contributed by atoms with E-state index in [1.54, 1.807) is 0 Å². The van der Waals surface area contributed by atoms with Gasteiger partial charge in [-0.1, -0.05) is 60.7 Å². The maximum atomic E-state index is 13.4. The van der Waals surface area contributed by atoms with Gasteiger partial charge in [0, 0.05) is 25.1 Å². The smallest absolute Gasteiger partial charge is 0.331 e. The van der Waals surface area contributed by atoms with Gasteiger partial charge in [0.25, 0.3) is 5.91 Å². The summed E-state index contributed by atoms with van der Waals surface area (Å²) in [6, 6.07) is 20.8. The van der Waals surface area contributed by atoms with Crippen molar-refractivity contribution in [3.63, 3.8) is 0 Å². The van der Waals surface area contributed by atoms with Crippen LogP contribution >= 0.6 is 0 Å². The highest BCUT2D eigenvalue weighted by Gasteiger charge is 2.35. The van der Waals surface area contributed by atoms with Crippen molar-refractivity contribution >= 4 is 17.8 Å². The highest BCUT2D eigenvalue weighted by molar-refractivity contribution is 5.98. The van der Waals surface area contributed by atoms with E-state index in [-0.39, 0.29) is 35.6 Å². The molecule has 0 unspecified atom stereocenters. The van der Waals surface area contributed by atoms with Crippen molar-refractivity contribution in [1.82, 2.24) is 10.3 Å². The second-order valence-electron chi connectivity index (χ2n) is 10.4. The van der Waals surface area contributed by atoms with E-state index >= 15 is 0 Å². The first kappa shape index (κ1) is 31.5. The van der Waals surface area contributed by atoms with Crippen LogP contribution in [0.4, 0.5) is 0 Å². The molecule has 1 aliphatic rings. The number of esters is 2. The van der Waals surface area contributed by atoms with Crippen molar-refractivity contribution in [3.05, 3.63) is 89.7 Å². The van der Waals surface area contributed by atoms with Gasteiger partial charge in [0.05, 0.1) is 20.3 Å². The van der Waals surface area contributed by atoms with E-state index in [1.807, 2.05) is 43.3 Å². The molecule has 0 spiro atoms. The van der Waals surface area contributed by atoms with E-state index in [0.717, 1.165) is 19.3 Å². The average molecular weight is 591 g/mol. The molecule has 2 heterocycles. The van der Waals surface area contributed by atoms with Crippen molar-refractivity contribution in [2.75, 3.05) is 27.1 Å². The molecule has 1 saturated heterocycles. The first-order valence-electron chi connectivity index (χ1n) is 14.3. The van der Waals surface area contributed by atoms with E-state index in [1.165, 1.54) is 37.4 Å². The number of carbonyl (C=O) groups excluding carboxylic acids is 3. The van der Waals surface area contributed by atoms with Crippen LogP contribution in [0.15, 0.2) is 72.9 Å². The number of hydrogen-bond donors (Lipinski definition) is 1. The van der Waals surface area contributed by atoms with Gasteiger partial charge in [-0.15, -0.1) is 0 Å². The zero-order valence-corrected chi connectivity index (χ0v) is 24.7. The lowest BCUT2D eigenvalue weighted by Gasteiger charge is -2.31. The maximum Gasteiger partial charge on any atom is 0.331 e. The largest absolute Gasteiger partial charge is 0.493 e. The quantitative estimate of drug-likeness (QED) is 0.259. The van der Waals surface area contributed by atoms with Crippen LogP contribution in [-0.2, 0) is 36.6 Å². The van der Waals surface area contributed by atoms with Crippen LogP contribution in [0.3, 0.4) is 0 Å². The molecular weight excluding hydrogens is 552 g/mol. The summed E-state index contributed by atoms with van der Waals surface area (Å²) in [7, 11) is 1.40. The van der Waals surface area contributed by atoms with Crippen LogP contribution in [0.5, 0.6) is 11.5 Å². The number of benzene rings is 2. The summed E-state index contributed by atoms with van der Waals surface area (Å²) in [6.45, 7) is 2.99. The number of aryl methyl sites for hydroxylation is 1. The Morgan fingerprint density at radius 2 is 1.70 bits per heavy atom. The number of carbonyl (C=O) groups is 3. The molecule has 1 amide bonds. The summed E-state index contributed by atoms with van der Waals surface area (Å²) in [4.78, 5) is 42.1. The van der Waals surface area contributed by atoms with Crippen molar-refractivity contribution in [1.29, 1.82) is 0 Å². The summed E-state index contributed by atoms with van der Waals surface area (Å²) < 4.78 is 27.7. The van der Waals surface area contributed by atoms with Crippen LogP contribution in [0, 0.1) is 11.8 Å². The minimum Gasteiger partial charge on any atom is -0.493 e. The monoisotopic (exact) mass is 590 g/mol. The fourth-order valence-corrected chi connectivity index (χ4v) is 5.23. The van der Waals surface area contributed by atoms with Crippen molar-refractivity contribution in [2.45, 2.75) is 45.3 Å². The number of nitrogens with one attached hydrogen (secondary N) is 1. The Kier molecular flexibility index (Phi) is 11.5. The third kappa shape index (κ3) is 9.02. The fourth-order valence-electron chi connectivity index (χ4n) is 5.23. The van der Waals surface area contributed by atoms with Gasteiger partial charge in [-0.25, -0.2) is 9.78 Å². The molecule has 0 saturated carbocycles. The highest BCUT2D eigenvalue weighted by atomic mass is 16.7. The Bertz CT molecular complexity index is 1350. The normalized spacial score (nSPS) is 20.5. The summed E-state index contributed by atoms with van der Waals surface area (Å²) in [5.74, 6) is -1.59. The molecule has 10 heteroatoms. The molecule has 1 aromatic heterocycles. The van der Waals surface area contributed by atoms with Gasteiger partial charge >= 0.3 is 11.9 Å². The Balaban J connectivity index is 1.51. The topological polar surface area (TPSA) is 122 Å². The van der Waals surface area contributed by atoms with Crippen LogP contribution in [0.2, 0.25) is 0 Å². The molecule has 0 aliphatic carbocycles. The lowest BCUT2D eigenvalue weighted by atomic mass is 9.80. The van der Waals surface area contributed by atoms with Crippen molar-refractivity contribution in [3.8, 4) is 11.5 Å². The van der Waals surface area contributed by atoms with Gasteiger partial charge in [-0.05, 0) is 43.2 Å². The summed E-state index contributed by atoms with van der Waals surface area (Å²) in [5.41, 5.74) is 2.24. The molecule has 1 aliphatic heterocycles. The number of aromatic nitrogens is 1. The number of pyridine rings is 1. The fraction of sp³-hybridized carbons (Fsp3) is 0.394. The number of amides is 1. The minimum absolute atomic E-state index is 0.0140. The maximum absolute atomic E-state index is 13.4. The summed E-state index contributed by atoms with van der Waals surface area (Å²) in [6.07, 6.45) is 3.33. The predicted molar refractivity (Wildman–Crippen MR) is 158 cm³/mol. The Morgan fingerprint density at radius 1 is 1.00 bits per heavy atom. The first-order valence-corrected chi connectivity index (χ1v) is 14.3. The molecule has 228 valence electrons. The van der Waals surface area contributed by atoms with E-state index in [9.17, 15) is 14.4 Å². The number of nitrogens with zero attached hydrogens (tertiary/aromatic N) is 1. The number of cyclic esters (lactones) is 1. The second-order valence-corrected chi connectivity index (χ2v) is 10.4. The van der Waals surface area contributed by atoms with E-state index in [0.29, 0.717) is 6.61 Å². The molecule has 43 heavy (non-hydrogen) atoms. The molecule has 4 atom stereocenters. The average Bonchev–Trinajstić information content (AvgIpc) is 3.05. The molecule has 0 radical (unpaired) electrons. The molecule has 1 N–H and O–H groups in total. The standard InChI is InChI=1S/C33H38N2O8/c1-22-27(15-14-24-10-6-4-7-11-24)26(18-25-12-8-5-9-13-25)19-40-20-28(33(38)43-22)35-32(37)30-31(42-21-41-23(2)36)29(39-3)16-17-34-30/h4-13,16-17,22,26-28H,14-15,18-21H2,1-3H3,(H,35,37)/t22-,26-,27-,28-/m0/s1. The Labute approximate surface area is 251 Å². The Morgan fingerprint density at radius 3 is 2.37 bits per heavy atom. The summed E-state index contributed by atoms with van der Waals surface area (Å²) in [5, 5.41) is 2.68. The molecular formula is C33H38N2O8. The van der Waals surface area contributed by atoms with Gasteiger partial charge in [0.2, 0.25) is 6.79 Å². The van der Waals surface area contributed by atoms with E-state index in [4.69, 9.17) is 23.7 Å². The molecule has 0 bridgehead atoms. The third-order valence-electron chi connectivity index (χ3n) is 7.44. The highest BCUT2D eigenvalue weighted by Crippen LogP contribution is 2.31. The van der Waals surface area contributed by atoms with Gasteiger partial charge in [0.1, 0.15) is 6.10 Å². The number of hydrogen-bond acceptors (Lipinski definition) is 9. The molecule has 1 fully saturated rings. The van der Waals surface area contributed by atoms with Crippen molar-refractivity contribution < 1.29 is 38.1 Å². The van der Waals surface area contributed by atoms with Gasteiger partial charge in [-0.3, -0.25) is 9.59 Å². The molecule has 3 aromatic rings. The zero-order valence-electron chi connectivity index (χ0n) is 24.7. The zero-order chi connectivity index (χ0) is 30.6. The van der Waals surface area contributed by atoms with Crippen molar-refractivity contribution in [2.24, 2.45) is 11.8 Å². The van der Waals surface area contributed by atoms with Crippen LogP contribution in [-0.4, -0.2) is 62.1 Å². The Hall–Kier alpha value is -4.44. The predicted octanol–water partition coefficient (Wildman–Crippen LogP) is 4.16. The van der Waals surface area contributed by atoms with E-state index < -0.39 is 36.8 Å². The van der Waals surface area contributed by atoms with Gasteiger partial charge in [0.15, 0.2) is 23.2 Å². The third-order valence-corrected chi connectivity index (χ3v) is 7.44. The second kappa shape index (κ2) is 15.7. The van der Waals surface area contributed by atoms with Crippen LogP contribution in [0.1, 0.15) is 41.9 Å². The SMILES string of the molecule is COc1ccnc(C(=O)N[C@H]2COC[C@H](Cc3ccccc3)[C@@H](CCc3ccccc3)[C@H](C)OC2=O)c1OCOC(C)=O. The van der Waals surface area contributed by atoms with E-state index in [2.05, 4.69) is 34.6 Å². The molecule has 2 aromatic carbocycles. The van der Waals surface area contributed by atoms with Gasteiger partial charge in [-0.2, -0.15) is 0 Å². The van der Waals surface area contributed by atoms with Gasteiger partial charge < -0.3 is 29.0 Å². The van der Waals surface area contributed by atoms with Crippen LogP contribution in [0.25, 0.3) is 0 Å². The number of methoxy groups -OCH3 is 1. The number of rotatable bonds is 11. The molecule has 10 nitrogen and oxygen atoms in total. The van der Waals surface area contributed by atoms with Crippen LogP contribution < -0.4 is 14.8 Å². The number of ether oxygens (including phenoxy) is 5.